The van der Waals surface area contributed by atoms with Crippen molar-refractivity contribution in [2.45, 2.75) is 46.3 Å². The van der Waals surface area contributed by atoms with Crippen LogP contribution >= 0.6 is 15.9 Å². The number of quaternary nitrogens is 1. The molecule has 188 valence electrons. The number of nitrogens with zero attached hydrogens (tertiary/aromatic N) is 1. The van der Waals surface area contributed by atoms with Crippen LogP contribution in [0.5, 0.6) is 5.75 Å². The molecule has 0 aliphatic carbocycles. The summed E-state index contributed by atoms with van der Waals surface area (Å²) in [4.78, 5) is 29.0. The number of ether oxygens (including phenoxy) is 1. The molecule has 35 heavy (non-hydrogen) atoms. The van der Waals surface area contributed by atoms with Crippen molar-refractivity contribution in [1.82, 2.24) is 4.90 Å². The van der Waals surface area contributed by atoms with Gasteiger partial charge in [-0.15, -0.1) is 0 Å². The molecular formula is C27H32BrFN2O4. The zero-order valence-electron chi connectivity index (χ0n) is 20.6. The van der Waals surface area contributed by atoms with E-state index in [0.29, 0.717) is 18.5 Å². The molecule has 1 saturated heterocycles. The summed E-state index contributed by atoms with van der Waals surface area (Å²) in [6, 6.07) is 10.2. The lowest BCUT2D eigenvalue weighted by Crippen LogP contribution is -3.11. The Morgan fingerprint density at radius 2 is 1.80 bits per heavy atom. The van der Waals surface area contributed by atoms with Gasteiger partial charge in [0.15, 0.2) is 11.6 Å². The Bertz CT molecular complexity index is 1100. The van der Waals surface area contributed by atoms with Crippen LogP contribution in [-0.4, -0.2) is 48.9 Å². The number of likely N-dealkylation sites (tertiary alicyclic amines) is 1. The fraction of sp³-hybridized carbons (Fsp3) is 0.407. The molecule has 3 rings (SSSR count). The van der Waals surface area contributed by atoms with Crippen LogP contribution in [0.1, 0.15) is 51.3 Å². The van der Waals surface area contributed by atoms with E-state index in [1.54, 1.807) is 38.1 Å². The summed E-state index contributed by atoms with van der Waals surface area (Å²) >= 11 is 3.40. The standard InChI is InChI=1S/C27H32BrFN2O4/c1-5-30(6-2)14-7-15-31-24(18-8-11-20(28)12-9-18)23(26(33)27(31)34)25(32)19-10-13-22(21(29)16-19)35-17(3)4/h8-13,16-17,24,32H,5-7,14-15H2,1-4H3. The second-order valence-corrected chi connectivity index (χ2v) is 9.81. The van der Waals surface area contributed by atoms with Crippen LogP contribution < -0.4 is 14.7 Å². The van der Waals surface area contributed by atoms with Crippen LogP contribution in [-0.2, 0) is 9.59 Å². The molecule has 1 heterocycles. The van der Waals surface area contributed by atoms with Gasteiger partial charge in [0.2, 0.25) is 5.78 Å². The maximum Gasteiger partial charge on any atom is 0.295 e. The predicted octanol–water partition coefficient (Wildman–Crippen LogP) is 2.91. The number of benzene rings is 2. The molecule has 0 spiro atoms. The first-order valence-corrected chi connectivity index (χ1v) is 12.8. The molecule has 0 bridgehead atoms. The van der Waals surface area contributed by atoms with Crippen molar-refractivity contribution in [3.05, 3.63) is 69.5 Å². The first-order chi connectivity index (χ1) is 16.7. The molecule has 0 aromatic heterocycles. The van der Waals surface area contributed by atoms with Gasteiger partial charge in [-0.1, -0.05) is 39.9 Å². The van der Waals surface area contributed by atoms with Crippen molar-refractivity contribution in [3.8, 4) is 5.75 Å². The second-order valence-electron chi connectivity index (χ2n) is 8.90. The van der Waals surface area contributed by atoms with E-state index in [1.807, 2.05) is 0 Å². The number of halogens is 2. The Morgan fingerprint density at radius 1 is 1.14 bits per heavy atom. The van der Waals surface area contributed by atoms with Gasteiger partial charge in [-0.3, -0.25) is 9.59 Å². The first kappa shape index (κ1) is 26.9. The van der Waals surface area contributed by atoms with Crippen molar-refractivity contribution >= 4 is 33.4 Å². The van der Waals surface area contributed by atoms with Crippen LogP contribution in [0.15, 0.2) is 52.5 Å². The molecule has 0 radical (unpaired) electrons. The summed E-state index contributed by atoms with van der Waals surface area (Å²) in [5.74, 6) is -2.85. The monoisotopic (exact) mass is 546 g/mol. The van der Waals surface area contributed by atoms with Crippen molar-refractivity contribution in [2.75, 3.05) is 26.2 Å². The minimum Gasteiger partial charge on any atom is -0.872 e. The van der Waals surface area contributed by atoms with Gasteiger partial charge < -0.3 is 19.6 Å². The van der Waals surface area contributed by atoms with Gasteiger partial charge >= 0.3 is 0 Å². The quantitative estimate of drug-likeness (QED) is 0.282. The number of hydrogen-bond acceptors (Lipinski definition) is 4. The lowest BCUT2D eigenvalue weighted by Gasteiger charge is -2.28. The maximum atomic E-state index is 14.6. The van der Waals surface area contributed by atoms with Crippen molar-refractivity contribution < 1.29 is 28.7 Å². The molecule has 1 amide bonds. The zero-order valence-corrected chi connectivity index (χ0v) is 22.2. The Hall–Kier alpha value is -2.71. The van der Waals surface area contributed by atoms with E-state index in [4.69, 9.17) is 4.74 Å². The maximum absolute atomic E-state index is 14.6. The van der Waals surface area contributed by atoms with Gasteiger partial charge in [-0.25, -0.2) is 4.39 Å². The van der Waals surface area contributed by atoms with E-state index in [0.717, 1.165) is 30.2 Å². The predicted molar refractivity (Wildman–Crippen MR) is 134 cm³/mol. The Balaban J connectivity index is 2.03. The third kappa shape index (κ3) is 6.11. The number of ketones is 1. The molecule has 1 atom stereocenters. The van der Waals surface area contributed by atoms with Gasteiger partial charge in [-0.05, 0) is 63.1 Å². The average molecular weight is 547 g/mol. The topological polar surface area (TPSA) is 74.1 Å². The Morgan fingerprint density at radius 3 is 2.37 bits per heavy atom. The number of carbonyl (C=O) groups is 2. The number of amides is 1. The SMILES string of the molecule is CC[NH+](CC)CCCN1C(=O)C(=O)C(=C([O-])c2ccc(OC(C)C)c(F)c2)C1c1ccc(Br)cc1. The van der Waals surface area contributed by atoms with Crippen molar-refractivity contribution in [2.24, 2.45) is 0 Å². The minimum absolute atomic E-state index is 0.00584. The van der Waals surface area contributed by atoms with Gasteiger partial charge in [0.25, 0.3) is 5.91 Å². The molecular weight excluding hydrogens is 515 g/mol. The highest BCUT2D eigenvalue weighted by atomic mass is 79.9. The molecule has 1 fully saturated rings. The van der Waals surface area contributed by atoms with Gasteiger partial charge in [-0.2, -0.15) is 0 Å². The fourth-order valence-corrected chi connectivity index (χ4v) is 4.61. The number of nitrogens with one attached hydrogen (secondary N) is 1. The van der Waals surface area contributed by atoms with Crippen LogP contribution in [0.3, 0.4) is 0 Å². The summed E-state index contributed by atoms with van der Waals surface area (Å²) in [6.07, 6.45) is 0.461. The summed E-state index contributed by atoms with van der Waals surface area (Å²) in [5, 5.41) is 13.5. The summed E-state index contributed by atoms with van der Waals surface area (Å²) in [6.45, 7) is 10.9. The summed E-state index contributed by atoms with van der Waals surface area (Å²) < 4.78 is 20.9. The fourth-order valence-electron chi connectivity index (χ4n) is 4.34. The first-order valence-electron chi connectivity index (χ1n) is 12.0. The minimum atomic E-state index is -0.832. The third-order valence-electron chi connectivity index (χ3n) is 6.20. The summed E-state index contributed by atoms with van der Waals surface area (Å²) in [7, 11) is 0. The van der Waals surface area contributed by atoms with E-state index in [2.05, 4.69) is 29.8 Å². The molecule has 1 aliphatic heterocycles. The van der Waals surface area contributed by atoms with E-state index in [9.17, 15) is 19.1 Å². The largest absolute Gasteiger partial charge is 0.872 e. The number of hydrogen-bond donors (Lipinski definition) is 1. The van der Waals surface area contributed by atoms with E-state index < -0.39 is 29.3 Å². The van der Waals surface area contributed by atoms with Crippen LogP contribution in [0.4, 0.5) is 4.39 Å². The number of rotatable bonds is 10. The molecule has 6 nitrogen and oxygen atoms in total. The Labute approximate surface area is 214 Å². The summed E-state index contributed by atoms with van der Waals surface area (Å²) in [5.41, 5.74) is 0.516. The van der Waals surface area contributed by atoms with E-state index in [-0.39, 0.29) is 23.0 Å². The van der Waals surface area contributed by atoms with Crippen molar-refractivity contribution in [3.63, 3.8) is 0 Å². The highest BCUT2D eigenvalue weighted by Crippen LogP contribution is 2.39. The molecule has 1 N–H and O–H groups in total. The number of carbonyl (C=O) groups excluding carboxylic acids is 2. The molecule has 1 unspecified atom stereocenters. The highest BCUT2D eigenvalue weighted by molar-refractivity contribution is 9.10. The van der Waals surface area contributed by atoms with Crippen LogP contribution in [0, 0.1) is 5.82 Å². The normalized spacial score (nSPS) is 17.6. The average Bonchev–Trinajstić information content (AvgIpc) is 3.08. The molecule has 2 aromatic carbocycles. The van der Waals surface area contributed by atoms with Crippen LogP contribution in [0.25, 0.3) is 5.76 Å². The lowest BCUT2D eigenvalue weighted by molar-refractivity contribution is -0.896. The van der Waals surface area contributed by atoms with Gasteiger partial charge in [0, 0.05) is 23.0 Å². The molecule has 0 saturated carbocycles. The van der Waals surface area contributed by atoms with Crippen molar-refractivity contribution in [1.29, 1.82) is 0 Å². The Kier molecular flexibility index (Phi) is 9.08. The van der Waals surface area contributed by atoms with Crippen LogP contribution in [0.2, 0.25) is 0 Å². The van der Waals surface area contributed by atoms with E-state index in [1.165, 1.54) is 21.9 Å². The second kappa shape index (κ2) is 11.8. The number of Topliss-reactive ketones (excluding diaryl/α,β-unsaturated/α-hetero) is 1. The molecule has 2 aromatic rings. The van der Waals surface area contributed by atoms with E-state index >= 15 is 0 Å². The third-order valence-corrected chi connectivity index (χ3v) is 6.73. The van der Waals surface area contributed by atoms with Gasteiger partial charge in [0.05, 0.1) is 31.8 Å². The highest BCUT2D eigenvalue weighted by Gasteiger charge is 2.44. The lowest BCUT2D eigenvalue weighted by atomic mass is 9.95. The molecule has 1 aliphatic rings. The molecule has 8 heteroatoms. The van der Waals surface area contributed by atoms with Gasteiger partial charge in [0.1, 0.15) is 0 Å². The smallest absolute Gasteiger partial charge is 0.295 e. The zero-order chi connectivity index (χ0) is 25.7.